The molecule has 0 bridgehead atoms. The number of benzene rings is 1. The van der Waals surface area contributed by atoms with Crippen molar-refractivity contribution in [2.75, 3.05) is 12.4 Å². The highest BCUT2D eigenvalue weighted by Crippen LogP contribution is 2.32. The molecule has 0 aliphatic carbocycles. The van der Waals surface area contributed by atoms with Gasteiger partial charge in [-0.1, -0.05) is 37.0 Å². The first-order chi connectivity index (χ1) is 11.6. The number of nitrogens with one attached hydrogen (secondary N) is 1. The Morgan fingerprint density at radius 3 is 2.33 bits per heavy atom. The van der Waals surface area contributed by atoms with Gasteiger partial charge in [0.2, 0.25) is 0 Å². The standard InChI is InChI=1S/C18H22Cl2N2O2/c1-4-13(5-2)24-18-8-12(6-7-17(18)23-3)22-9-14-15(19)10-21-11-16(14)20/h6-8,10-11,13,22H,4-5,9H2,1-3H3. The third-order valence-electron chi connectivity index (χ3n) is 3.79. The number of anilines is 1. The van der Waals surface area contributed by atoms with E-state index in [2.05, 4.69) is 24.1 Å². The van der Waals surface area contributed by atoms with Crippen LogP contribution >= 0.6 is 23.2 Å². The number of hydrogen-bond donors (Lipinski definition) is 1. The number of halogens is 2. The number of pyridine rings is 1. The Morgan fingerprint density at radius 1 is 1.08 bits per heavy atom. The number of nitrogens with zero attached hydrogens (tertiary/aromatic N) is 1. The summed E-state index contributed by atoms with van der Waals surface area (Å²) in [5.41, 5.74) is 1.72. The van der Waals surface area contributed by atoms with Gasteiger partial charge in [-0.15, -0.1) is 0 Å². The Labute approximate surface area is 153 Å². The van der Waals surface area contributed by atoms with E-state index in [-0.39, 0.29) is 6.10 Å². The van der Waals surface area contributed by atoms with Gasteiger partial charge in [0.15, 0.2) is 11.5 Å². The molecule has 130 valence electrons. The first kappa shape index (κ1) is 18.7. The van der Waals surface area contributed by atoms with Crippen LogP contribution in [0, 0.1) is 0 Å². The molecule has 0 unspecified atom stereocenters. The molecule has 0 amide bonds. The minimum absolute atomic E-state index is 0.165. The van der Waals surface area contributed by atoms with E-state index in [1.807, 2.05) is 18.2 Å². The summed E-state index contributed by atoms with van der Waals surface area (Å²) in [6.07, 6.45) is 5.22. The quantitative estimate of drug-likeness (QED) is 0.660. The summed E-state index contributed by atoms with van der Waals surface area (Å²) in [5.74, 6) is 1.44. The molecule has 2 aromatic rings. The fourth-order valence-corrected chi connectivity index (χ4v) is 2.81. The third kappa shape index (κ3) is 4.68. The topological polar surface area (TPSA) is 43.4 Å². The molecule has 1 aromatic heterocycles. The Balaban J connectivity index is 2.16. The van der Waals surface area contributed by atoms with Gasteiger partial charge < -0.3 is 14.8 Å². The second-order valence-corrected chi connectivity index (χ2v) is 6.17. The van der Waals surface area contributed by atoms with Gasteiger partial charge >= 0.3 is 0 Å². The summed E-state index contributed by atoms with van der Waals surface area (Å²) >= 11 is 12.3. The molecule has 1 N–H and O–H groups in total. The van der Waals surface area contributed by atoms with E-state index in [9.17, 15) is 0 Å². The van der Waals surface area contributed by atoms with Gasteiger partial charge in [0.05, 0.1) is 23.3 Å². The maximum Gasteiger partial charge on any atom is 0.163 e. The van der Waals surface area contributed by atoms with Gasteiger partial charge in [-0.25, -0.2) is 0 Å². The van der Waals surface area contributed by atoms with Crippen molar-refractivity contribution in [2.45, 2.75) is 39.3 Å². The Bertz CT molecular complexity index is 656. The van der Waals surface area contributed by atoms with Gasteiger partial charge in [-0.3, -0.25) is 4.98 Å². The Hall–Kier alpha value is -1.65. The van der Waals surface area contributed by atoms with E-state index in [1.165, 1.54) is 0 Å². The Kier molecular flexibility index (Phi) is 7.00. The lowest BCUT2D eigenvalue weighted by molar-refractivity contribution is 0.185. The largest absolute Gasteiger partial charge is 0.493 e. The van der Waals surface area contributed by atoms with Crippen molar-refractivity contribution in [1.82, 2.24) is 4.98 Å². The monoisotopic (exact) mass is 368 g/mol. The van der Waals surface area contributed by atoms with Crippen LogP contribution in [-0.4, -0.2) is 18.2 Å². The van der Waals surface area contributed by atoms with Gasteiger partial charge in [0, 0.05) is 36.3 Å². The predicted molar refractivity (Wildman–Crippen MR) is 99.6 cm³/mol. The van der Waals surface area contributed by atoms with E-state index in [1.54, 1.807) is 19.5 Å². The van der Waals surface area contributed by atoms with Crippen LogP contribution in [0.4, 0.5) is 5.69 Å². The minimum Gasteiger partial charge on any atom is -0.493 e. The molecule has 4 nitrogen and oxygen atoms in total. The van der Waals surface area contributed by atoms with E-state index in [0.717, 1.165) is 29.8 Å². The summed E-state index contributed by atoms with van der Waals surface area (Å²) in [6.45, 7) is 4.71. The summed E-state index contributed by atoms with van der Waals surface area (Å²) in [7, 11) is 1.64. The smallest absolute Gasteiger partial charge is 0.163 e. The molecule has 0 saturated carbocycles. The number of methoxy groups -OCH3 is 1. The number of ether oxygens (including phenoxy) is 2. The molecule has 0 fully saturated rings. The highest BCUT2D eigenvalue weighted by molar-refractivity contribution is 6.35. The van der Waals surface area contributed by atoms with Crippen LogP contribution in [0.1, 0.15) is 32.3 Å². The van der Waals surface area contributed by atoms with Crippen molar-refractivity contribution in [3.63, 3.8) is 0 Å². The Morgan fingerprint density at radius 2 is 1.75 bits per heavy atom. The molecule has 1 heterocycles. The summed E-state index contributed by atoms with van der Waals surface area (Å²) < 4.78 is 11.4. The average Bonchev–Trinajstić information content (AvgIpc) is 2.59. The van der Waals surface area contributed by atoms with Crippen molar-refractivity contribution >= 4 is 28.9 Å². The summed E-state index contributed by atoms with van der Waals surface area (Å²) in [6, 6.07) is 5.75. The van der Waals surface area contributed by atoms with E-state index < -0.39 is 0 Å². The highest BCUT2D eigenvalue weighted by atomic mass is 35.5. The molecule has 0 saturated heterocycles. The maximum atomic E-state index is 6.15. The fraction of sp³-hybridized carbons (Fsp3) is 0.389. The van der Waals surface area contributed by atoms with E-state index >= 15 is 0 Å². The molecule has 1 aromatic carbocycles. The van der Waals surface area contributed by atoms with Crippen LogP contribution in [0.3, 0.4) is 0 Å². The molecule has 6 heteroatoms. The lowest BCUT2D eigenvalue weighted by Gasteiger charge is -2.19. The predicted octanol–water partition coefficient (Wildman–Crippen LogP) is 5.58. The lowest BCUT2D eigenvalue weighted by Crippen LogP contribution is -2.14. The minimum atomic E-state index is 0.165. The van der Waals surface area contributed by atoms with Crippen molar-refractivity contribution in [1.29, 1.82) is 0 Å². The fourth-order valence-electron chi connectivity index (χ4n) is 2.31. The normalized spacial score (nSPS) is 10.8. The second kappa shape index (κ2) is 9.00. The van der Waals surface area contributed by atoms with Crippen LogP contribution in [0.5, 0.6) is 11.5 Å². The number of aromatic nitrogens is 1. The van der Waals surface area contributed by atoms with Crippen LogP contribution in [0.15, 0.2) is 30.6 Å². The first-order valence-corrected chi connectivity index (χ1v) is 8.71. The first-order valence-electron chi connectivity index (χ1n) is 7.95. The summed E-state index contributed by atoms with van der Waals surface area (Å²) in [4.78, 5) is 3.96. The molecule has 0 aliphatic rings. The molecule has 24 heavy (non-hydrogen) atoms. The van der Waals surface area contributed by atoms with Crippen molar-refractivity contribution in [2.24, 2.45) is 0 Å². The van der Waals surface area contributed by atoms with Crippen molar-refractivity contribution < 1.29 is 9.47 Å². The second-order valence-electron chi connectivity index (χ2n) is 5.36. The van der Waals surface area contributed by atoms with Crippen LogP contribution in [-0.2, 0) is 6.54 Å². The third-order valence-corrected chi connectivity index (χ3v) is 4.44. The maximum absolute atomic E-state index is 6.15. The molecule has 0 aliphatic heterocycles. The highest BCUT2D eigenvalue weighted by Gasteiger charge is 2.12. The van der Waals surface area contributed by atoms with Crippen LogP contribution in [0.2, 0.25) is 10.0 Å². The van der Waals surface area contributed by atoms with Gasteiger partial charge in [0.25, 0.3) is 0 Å². The lowest BCUT2D eigenvalue weighted by atomic mass is 10.2. The number of hydrogen-bond acceptors (Lipinski definition) is 4. The van der Waals surface area contributed by atoms with Gasteiger partial charge in [0.1, 0.15) is 0 Å². The zero-order chi connectivity index (χ0) is 17.5. The zero-order valence-corrected chi connectivity index (χ0v) is 15.6. The van der Waals surface area contributed by atoms with E-state index in [4.69, 9.17) is 32.7 Å². The SMILES string of the molecule is CCC(CC)Oc1cc(NCc2c(Cl)cncc2Cl)ccc1OC. The zero-order valence-electron chi connectivity index (χ0n) is 14.1. The average molecular weight is 369 g/mol. The van der Waals surface area contributed by atoms with Gasteiger partial charge in [-0.2, -0.15) is 0 Å². The van der Waals surface area contributed by atoms with Crippen LogP contribution in [0.25, 0.3) is 0 Å². The molecule has 0 spiro atoms. The molecule has 2 rings (SSSR count). The molecule has 0 radical (unpaired) electrons. The summed E-state index contributed by atoms with van der Waals surface area (Å²) in [5, 5.41) is 4.39. The van der Waals surface area contributed by atoms with Crippen LogP contribution < -0.4 is 14.8 Å². The molecular weight excluding hydrogens is 347 g/mol. The van der Waals surface area contributed by atoms with Crippen molar-refractivity contribution in [3.05, 3.63) is 46.2 Å². The van der Waals surface area contributed by atoms with E-state index in [0.29, 0.717) is 22.3 Å². The number of rotatable bonds is 8. The molecular formula is C18H22Cl2N2O2. The van der Waals surface area contributed by atoms with Crippen molar-refractivity contribution in [3.8, 4) is 11.5 Å². The van der Waals surface area contributed by atoms with Gasteiger partial charge in [-0.05, 0) is 25.0 Å². The molecule has 0 atom stereocenters.